The van der Waals surface area contributed by atoms with Crippen molar-refractivity contribution in [3.05, 3.63) is 59.7 Å². The first kappa shape index (κ1) is 15.1. The summed E-state index contributed by atoms with van der Waals surface area (Å²) in [6, 6.07) is 16.5. The maximum Gasteiger partial charge on any atom is 0.221 e. The third-order valence-electron chi connectivity index (χ3n) is 3.48. The molecule has 3 heteroatoms. The van der Waals surface area contributed by atoms with E-state index in [9.17, 15) is 4.79 Å². The van der Waals surface area contributed by atoms with Gasteiger partial charge in [-0.15, -0.1) is 0 Å². The third-order valence-corrected chi connectivity index (χ3v) is 3.48. The summed E-state index contributed by atoms with van der Waals surface area (Å²) >= 11 is 0. The quantitative estimate of drug-likeness (QED) is 0.854. The Kier molecular flexibility index (Phi) is 4.99. The Labute approximate surface area is 126 Å². The molecule has 0 aliphatic carbocycles. The van der Waals surface area contributed by atoms with E-state index in [0.717, 1.165) is 23.4 Å². The van der Waals surface area contributed by atoms with Crippen LogP contribution < -0.4 is 10.6 Å². The second-order valence-electron chi connectivity index (χ2n) is 5.18. The highest BCUT2D eigenvalue weighted by atomic mass is 16.1. The number of anilines is 2. The number of carbonyl (C=O) groups excluding carboxylic acids is 1. The van der Waals surface area contributed by atoms with Crippen molar-refractivity contribution in [2.45, 2.75) is 33.2 Å². The standard InChI is InChI=1S/C18H22N2O/c1-4-15-8-5-6-11-18(15)19-13(2)16-9-7-10-17(12-16)20-14(3)21/h5-13,19H,4H2,1-3H3,(H,20,21). The minimum atomic E-state index is -0.0518. The molecule has 2 aromatic rings. The van der Waals surface area contributed by atoms with E-state index >= 15 is 0 Å². The van der Waals surface area contributed by atoms with Gasteiger partial charge in [-0.3, -0.25) is 4.79 Å². The number of hydrogen-bond acceptors (Lipinski definition) is 2. The van der Waals surface area contributed by atoms with Crippen molar-refractivity contribution in [2.24, 2.45) is 0 Å². The van der Waals surface area contributed by atoms with Gasteiger partial charge >= 0.3 is 0 Å². The number of benzene rings is 2. The van der Waals surface area contributed by atoms with Crippen LogP contribution in [0, 0.1) is 0 Å². The molecule has 0 aromatic heterocycles. The molecule has 3 nitrogen and oxygen atoms in total. The van der Waals surface area contributed by atoms with Gasteiger partial charge in [-0.2, -0.15) is 0 Å². The Hall–Kier alpha value is -2.29. The van der Waals surface area contributed by atoms with E-state index in [4.69, 9.17) is 0 Å². The summed E-state index contributed by atoms with van der Waals surface area (Å²) in [6.07, 6.45) is 1.00. The number of hydrogen-bond donors (Lipinski definition) is 2. The summed E-state index contributed by atoms with van der Waals surface area (Å²) in [7, 11) is 0. The average Bonchev–Trinajstić information content (AvgIpc) is 2.47. The highest BCUT2D eigenvalue weighted by molar-refractivity contribution is 5.88. The van der Waals surface area contributed by atoms with Crippen molar-refractivity contribution in [1.82, 2.24) is 0 Å². The molecule has 0 radical (unpaired) electrons. The van der Waals surface area contributed by atoms with E-state index in [-0.39, 0.29) is 11.9 Å². The molecule has 21 heavy (non-hydrogen) atoms. The Morgan fingerprint density at radius 2 is 1.90 bits per heavy atom. The van der Waals surface area contributed by atoms with Crippen molar-refractivity contribution >= 4 is 17.3 Å². The molecule has 0 heterocycles. The first-order valence-electron chi connectivity index (χ1n) is 7.32. The van der Waals surface area contributed by atoms with Gasteiger partial charge in [-0.1, -0.05) is 37.3 Å². The van der Waals surface area contributed by atoms with Crippen molar-refractivity contribution in [3.63, 3.8) is 0 Å². The van der Waals surface area contributed by atoms with Crippen LogP contribution in [-0.4, -0.2) is 5.91 Å². The van der Waals surface area contributed by atoms with Crippen molar-refractivity contribution in [3.8, 4) is 0 Å². The Morgan fingerprint density at radius 1 is 1.14 bits per heavy atom. The lowest BCUT2D eigenvalue weighted by atomic mass is 10.1. The van der Waals surface area contributed by atoms with Gasteiger partial charge in [-0.05, 0) is 42.7 Å². The topological polar surface area (TPSA) is 41.1 Å². The van der Waals surface area contributed by atoms with Crippen LogP contribution in [0.15, 0.2) is 48.5 Å². The second-order valence-corrected chi connectivity index (χ2v) is 5.18. The van der Waals surface area contributed by atoms with Gasteiger partial charge in [0.25, 0.3) is 0 Å². The predicted octanol–water partition coefficient (Wildman–Crippen LogP) is 4.38. The summed E-state index contributed by atoms with van der Waals surface area (Å²) < 4.78 is 0. The minimum absolute atomic E-state index is 0.0518. The lowest BCUT2D eigenvalue weighted by Crippen LogP contribution is -2.10. The molecule has 0 aliphatic heterocycles. The maximum absolute atomic E-state index is 11.1. The average molecular weight is 282 g/mol. The van der Waals surface area contributed by atoms with Crippen LogP contribution in [0.25, 0.3) is 0 Å². The molecule has 0 saturated carbocycles. The Bertz CT molecular complexity index is 622. The predicted molar refractivity (Wildman–Crippen MR) is 88.6 cm³/mol. The first-order chi connectivity index (χ1) is 10.1. The van der Waals surface area contributed by atoms with E-state index in [2.05, 4.69) is 48.7 Å². The highest BCUT2D eigenvalue weighted by Crippen LogP contribution is 2.24. The molecule has 2 aromatic carbocycles. The van der Waals surface area contributed by atoms with Crippen LogP contribution >= 0.6 is 0 Å². The normalized spacial score (nSPS) is 11.8. The van der Waals surface area contributed by atoms with Crippen LogP contribution in [0.5, 0.6) is 0 Å². The summed E-state index contributed by atoms with van der Waals surface area (Å²) in [5.41, 5.74) is 4.45. The molecule has 2 N–H and O–H groups in total. The van der Waals surface area contributed by atoms with Crippen LogP contribution in [0.4, 0.5) is 11.4 Å². The number of amides is 1. The highest BCUT2D eigenvalue weighted by Gasteiger charge is 2.08. The van der Waals surface area contributed by atoms with Gasteiger partial charge in [0, 0.05) is 24.3 Å². The maximum atomic E-state index is 11.1. The van der Waals surface area contributed by atoms with Gasteiger partial charge in [0.15, 0.2) is 0 Å². The molecule has 2 rings (SSSR count). The summed E-state index contributed by atoms with van der Waals surface area (Å²) in [5, 5.41) is 6.37. The lowest BCUT2D eigenvalue weighted by molar-refractivity contribution is -0.114. The zero-order valence-corrected chi connectivity index (χ0v) is 12.8. The van der Waals surface area contributed by atoms with Crippen molar-refractivity contribution in [1.29, 1.82) is 0 Å². The number of rotatable bonds is 5. The molecular weight excluding hydrogens is 260 g/mol. The molecular formula is C18H22N2O. The number of para-hydroxylation sites is 1. The zero-order chi connectivity index (χ0) is 15.2. The Balaban J connectivity index is 2.16. The fourth-order valence-electron chi connectivity index (χ4n) is 2.38. The number of aryl methyl sites for hydroxylation is 1. The van der Waals surface area contributed by atoms with Crippen LogP contribution in [0.3, 0.4) is 0 Å². The Morgan fingerprint density at radius 3 is 2.62 bits per heavy atom. The molecule has 0 bridgehead atoms. The first-order valence-corrected chi connectivity index (χ1v) is 7.32. The van der Waals surface area contributed by atoms with Gasteiger partial charge in [-0.25, -0.2) is 0 Å². The number of nitrogens with one attached hydrogen (secondary N) is 2. The molecule has 110 valence electrons. The second kappa shape index (κ2) is 6.93. The van der Waals surface area contributed by atoms with Crippen molar-refractivity contribution in [2.75, 3.05) is 10.6 Å². The van der Waals surface area contributed by atoms with E-state index in [1.807, 2.05) is 24.3 Å². The van der Waals surface area contributed by atoms with E-state index < -0.39 is 0 Å². The summed E-state index contributed by atoms with van der Waals surface area (Å²) in [4.78, 5) is 11.1. The SMILES string of the molecule is CCc1ccccc1NC(C)c1cccc(NC(C)=O)c1. The lowest BCUT2D eigenvalue weighted by Gasteiger charge is -2.19. The van der Waals surface area contributed by atoms with Gasteiger partial charge < -0.3 is 10.6 Å². The van der Waals surface area contributed by atoms with Gasteiger partial charge in [0.2, 0.25) is 5.91 Å². The molecule has 1 atom stereocenters. The molecule has 1 unspecified atom stereocenters. The van der Waals surface area contributed by atoms with Crippen molar-refractivity contribution < 1.29 is 4.79 Å². The van der Waals surface area contributed by atoms with Crippen LogP contribution in [0.2, 0.25) is 0 Å². The molecule has 0 aliphatic rings. The monoisotopic (exact) mass is 282 g/mol. The fourth-order valence-corrected chi connectivity index (χ4v) is 2.38. The van der Waals surface area contributed by atoms with E-state index in [0.29, 0.717) is 0 Å². The van der Waals surface area contributed by atoms with Gasteiger partial charge in [0.1, 0.15) is 0 Å². The summed E-state index contributed by atoms with van der Waals surface area (Å²) in [6.45, 7) is 5.80. The smallest absolute Gasteiger partial charge is 0.221 e. The van der Waals surface area contributed by atoms with E-state index in [1.54, 1.807) is 0 Å². The molecule has 1 amide bonds. The minimum Gasteiger partial charge on any atom is -0.378 e. The van der Waals surface area contributed by atoms with E-state index in [1.165, 1.54) is 12.5 Å². The summed E-state index contributed by atoms with van der Waals surface area (Å²) in [5.74, 6) is -0.0518. The largest absolute Gasteiger partial charge is 0.378 e. The third kappa shape index (κ3) is 4.09. The van der Waals surface area contributed by atoms with Crippen LogP contribution in [0.1, 0.15) is 37.9 Å². The fraction of sp³-hybridized carbons (Fsp3) is 0.278. The van der Waals surface area contributed by atoms with Gasteiger partial charge in [0.05, 0.1) is 0 Å². The number of carbonyl (C=O) groups is 1. The zero-order valence-electron chi connectivity index (χ0n) is 12.8. The molecule has 0 spiro atoms. The molecule has 0 fully saturated rings. The molecule has 0 saturated heterocycles. The van der Waals surface area contributed by atoms with Crippen LogP contribution in [-0.2, 0) is 11.2 Å².